The number of aromatic nitrogens is 1. The van der Waals surface area contributed by atoms with Gasteiger partial charge in [-0.05, 0) is 43.4 Å². The third kappa shape index (κ3) is 4.31. The van der Waals surface area contributed by atoms with Crippen LogP contribution in [0, 0.1) is 5.92 Å². The van der Waals surface area contributed by atoms with Gasteiger partial charge in [0.15, 0.2) is 0 Å². The van der Waals surface area contributed by atoms with Crippen molar-refractivity contribution < 1.29 is 0 Å². The summed E-state index contributed by atoms with van der Waals surface area (Å²) in [5.41, 5.74) is 1.38. The monoisotopic (exact) mass is 316 g/mol. The van der Waals surface area contributed by atoms with Crippen LogP contribution in [0.25, 0.3) is 0 Å². The van der Waals surface area contributed by atoms with E-state index in [1.165, 1.54) is 37.9 Å². The first kappa shape index (κ1) is 16.9. The molecule has 2 saturated heterocycles. The summed E-state index contributed by atoms with van der Waals surface area (Å²) < 4.78 is 0. The lowest BCUT2D eigenvalue weighted by molar-refractivity contribution is 0.0617. The maximum absolute atomic E-state index is 4.40. The lowest BCUT2D eigenvalue weighted by Crippen LogP contribution is -2.54. The van der Waals surface area contributed by atoms with Crippen molar-refractivity contribution in [3.05, 3.63) is 30.1 Å². The Morgan fingerprint density at radius 1 is 1.39 bits per heavy atom. The van der Waals surface area contributed by atoms with Crippen molar-refractivity contribution >= 4 is 0 Å². The topological polar surface area (TPSA) is 31.4 Å². The van der Waals surface area contributed by atoms with E-state index in [1.54, 1.807) is 0 Å². The number of piperazine rings is 1. The van der Waals surface area contributed by atoms with Crippen LogP contribution in [0.1, 0.15) is 44.7 Å². The van der Waals surface area contributed by atoms with Crippen LogP contribution in [0.3, 0.4) is 0 Å². The molecule has 3 heterocycles. The van der Waals surface area contributed by atoms with Crippen molar-refractivity contribution in [2.24, 2.45) is 5.92 Å². The highest BCUT2D eigenvalue weighted by Crippen LogP contribution is 2.27. The number of nitrogens with zero attached hydrogens (tertiary/aromatic N) is 3. The third-order valence-corrected chi connectivity index (χ3v) is 5.51. The Morgan fingerprint density at radius 3 is 3.04 bits per heavy atom. The fraction of sp³-hybridized carbons (Fsp3) is 0.737. The van der Waals surface area contributed by atoms with Gasteiger partial charge < -0.3 is 10.2 Å². The van der Waals surface area contributed by atoms with E-state index in [4.69, 9.17) is 0 Å². The first-order chi connectivity index (χ1) is 11.3. The van der Waals surface area contributed by atoms with Crippen LogP contribution in [0.15, 0.2) is 24.5 Å². The van der Waals surface area contributed by atoms with Gasteiger partial charge in [-0.25, -0.2) is 0 Å². The fourth-order valence-corrected chi connectivity index (χ4v) is 4.24. The van der Waals surface area contributed by atoms with Crippen molar-refractivity contribution in [1.82, 2.24) is 20.1 Å². The molecular formula is C19H32N4. The lowest BCUT2D eigenvalue weighted by atomic mass is 9.97. The van der Waals surface area contributed by atoms with Crippen molar-refractivity contribution in [2.75, 3.05) is 39.3 Å². The second kappa shape index (κ2) is 8.22. The van der Waals surface area contributed by atoms with Gasteiger partial charge in [-0.1, -0.05) is 19.9 Å². The Kier molecular flexibility index (Phi) is 6.03. The minimum Gasteiger partial charge on any atom is -0.314 e. The molecule has 23 heavy (non-hydrogen) atoms. The molecular weight excluding hydrogens is 284 g/mol. The average molecular weight is 316 g/mol. The van der Waals surface area contributed by atoms with Crippen LogP contribution in [-0.2, 0) is 0 Å². The molecule has 128 valence electrons. The van der Waals surface area contributed by atoms with E-state index in [-0.39, 0.29) is 0 Å². The van der Waals surface area contributed by atoms with E-state index < -0.39 is 0 Å². The summed E-state index contributed by atoms with van der Waals surface area (Å²) in [6.07, 6.45) is 7.91. The minimum atomic E-state index is 0.473. The molecule has 0 aliphatic carbocycles. The van der Waals surface area contributed by atoms with Gasteiger partial charge in [0, 0.05) is 57.2 Å². The van der Waals surface area contributed by atoms with Crippen LogP contribution in [0.2, 0.25) is 0 Å². The molecule has 4 heteroatoms. The van der Waals surface area contributed by atoms with E-state index >= 15 is 0 Å². The normalized spacial score (nSPS) is 28.6. The highest BCUT2D eigenvalue weighted by Gasteiger charge is 2.31. The zero-order chi connectivity index (χ0) is 16.1. The molecule has 2 aliphatic heterocycles. The molecule has 3 rings (SSSR count). The lowest BCUT2D eigenvalue weighted by Gasteiger charge is -2.44. The van der Waals surface area contributed by atoms with E-state index in [2.05, 4.69) is 52.3 Å². The van der Waals surface area contributed by atoms with E-state index in [0.29, 0.717) is 12.1 Å². The van der Waals surface area contributed by atoms with Crippen molar-refractivity contribution in [3.63, 3.8) is 0 Å². The molecule has 2 fully saturated rings. The number of piperidine rings is 1. The van der Waals surface area contributed by atoms with Crippen molar-refractivity contribution in [1.29, 1.82) is 0 Å². The van der Waals surface area contributed by atoms with Crippen LogP contribution in [0.4, 0.5) is 0 Å². The molecule has 1 aromatic heterocycles. The number of hydrogen-bond donors (Lipinski definition) is 1. The Balaban J connectivity index is 1.78. The highest BCUT2D eigenvalue weighted by molar-refractivity contribution is 5.15. The molecule has 4 nitrogen and oxygen atoms in total. The standard InChI is InChI=1S/C19H32N4/c1-3-18-13-21-9-11-23(18)19(17-7-4-8-20-12-17)15-22-10-5-6-16(2)14-22/h4,7-8,12,16,18-19,21H,3,5-6,9-11,13-15H2,1-2H3. The molecule has 3 atom stereocenters. The molecule has 0 amide bonds. The minimum absolute atomic E-state index is 0.473. The average Bonchev–Trinajstić information content (AvgIpc) is 2.60. The summed E-state index contributed by atoms with van der Waals surface area (Å²) in [5, 5.41) is 3.56. The highest BCUT2D eigenvalue weighted by atomic mass is 15.3. The Labute approximate surface area is 141 Å². The SMILES string of the molecule is CCC1CNCCN1C(CN1CCCC(C)C1)c1cccnc1. The number of hydrogen-bond acceptors (Lipinski definition) is 4. The summed E-state index contributed by atoms with van der Waals surface area (Å²) in [7, 11) is 0. The second-order valence-electron chi connectivity index (χ2n) is 7.31. The number of rotatable bonds is 5. The van der Waals surface area contributed by atoms with Gasteiger partial charge >= 0.3 is 0 Å². The zero-order valence-corrected chi connectivity index (χ0v) is 14.7. The van der Waals surface area contributed by atoms with E-state index in [9.17, 15) is 0 Å². The number of pyridine rings is 1. The van der Waals surface area contributed by atoms with Crippen LogP contribution >= 0.6 is 0 Å². The van der Waals surface area contributed by atoms with E-state index in [0.717, 1.165) is 32.1 Å². The van der Waals surface area contributed by atoms with Crippen LogP contribution in [-0.4, -0.2) is 60.1 Å². The molecule has 1 aromatic rings. The second-order valence-corrected chi connectivity index (χ2v) is 7.31. The molecule has 0 spiro atoms. The van der Waals surface area contributed by atoms with Crippen molar-refractivity contribution in [2.45, 2.75) is 45.2 Å². The maximum atomic E-state index is 4.40. The predicted molar refractivity (Wildman–Crippen MR) is 95.5 cm³/mol. The quantitative estimate of drug-likeness (QED) is 0.904. The van der Waals surface area contributed by atoms with Gasteiger partial charge in [0.25, 0.3) is 0 Å². The third-order valence-electron chi connectivity index (χ3n) is 5.51. The van der Waals surface area contributed by atoms with Gasteiger partial charge in [-0.2, -0.15) is 0 Å². The molecule has 1 N–H and O–H groups in total. The summed E-state index contributed by atoms with van der Waals surface area (Å²) in [6, 6.07) is 5.46. The van der Waals surface area contributed by atoms with Crippen LogP contribution in [0.5, 0.6) is 0 Å². The van der Waals surface area contributed by atoms with Gasteiger partial charge in [0.05, 0.1) is 0 Å². The Bertz CT molecular complexity index is 464. The van der Waals surface area contributed by atoms with Gasteiger partial charge in [0.2, 0.25) is 0 Å². The first-order valence-corrected chi connectivity index (χ1v) is 9.36. The Hall–Kier alpha value is -0.970. The summed E-state index contributed by atoms with van der Waals surface area (Å²) in [5.74, 6) is 0.836. The number of nitrogens with one attached hydrogen (secondary N) is 1. The zero-order valence-electron chi connectivity index (χ0n) is 14.7. The molecule has 3 unspecified atom stereocenters. The summed E-state index contributed by atoms with van der Waals surface area (Å²) in [6.45, 7) is 11.7. The van der Waals surface area contributed by atoms with Gasteiger partial charge in [0.1, 0.15) is 0 Å². The fourth-order valence-electron chi connectivity index (χ4n) is 4.24. The predicted octanol–water partition coefficient (Wildman–Crippen LogP) is 2.54. The van der Waals surface area contributed by atoms with Gasteiger partial charge in [-0.3, -0.25) is 9.88 Å². The van der Waals surface area contributed by atoms with Crippen LogP contribution < -0.4 is 5.32 Å². The molecule has 0 saturated carbocycles. The first-order valence-electron chi connectivity index (χ1n) is 9.36. The smallest absolute Gasteiger partial charge is 0.0494 e. The number of likely N-dealkylation sites (tertiary alicyclic amines) is 1. The largest absolute Gasteiger partial charge is 0.314 e. The molecule has 2 aliphatic rings. The molecule has 0 bridgehead atoms. The summed E-state index contributed by atoms with van der Waals surface area (Å²) in [4.78, 5) is 9.81. The molecule has 0 aromatic carbocycles. The Morgan fingerprint density at radius 2 is 2.30 bits per heavy atom. The van der Waals surface area contributed by atoms with E-state index in [1.807, 2.05) is 6.20 Å². The van der Waals surface area contributed by atoms with Crippen molar-refractivity contribution in [3.8, 4) is 0 Å². The summed E-state index contributed by atoms with van der Waals surface area (Å²) >= 11 is 0. The maximum Gasteiger partial charge on any atom is 0.0494 e. The molecule has 0 radical (unpaired) electrons. The van der Waals surface area contributed by atoms with Gasteiger partial charge in [-0.15, -0.1) is 0 Å².